The minimum atomic E-state index is 0.525. The molecule has 0 bridgehead atoms. The van der Waals surface area contributed by atoms with Crippen molar-refractivity contribution >= 4 is 23.4 Å². The Morgan fingerprint density at radius 1 is 1.17 bits per heavy atom. The second kappa shape index (κ2) is 6.28. The molecule has 0 heterocycles. The number of hydrogen-bond acceptors (Lipinski definition) is 2. The number of nitrogens with two attached hydrogens (primary N) is 1. The quantitative estimate of drug-likeness (QED) is 0.839. The third-order valence-corrected chi connectivity index (χ3v) is 4.14. The molecule has 18 heavy (non-hydrogen) atoms. The summed E-state index contributed by atoms with van der Waals surface area (Å²) >= 11 is 7.77. The predicted molar refractivity (Wildman–Crippen MR) is 80.1 cm³/mol. The molecule has 0 atom stereocenters. The van der Waals surface area contributed by atoms with E-state index in [2.05, 4.69) is 31.2 Å². The van der Waals surface area contributed by atoms with E-state index in [4.69, 9.17) is 17.3 Å². The molecule has 94 valence electrons. The molecule has 1 nitrogen and oxygen atoms in total. The molecule has 0 aromatic heterocycles. The van der Waals surface area contributed by atoms with Crippen LogP contribution in [0.25, 0.3) is 0 Å². The number of benzene rings is 2. The third kappa shape index (κ3) is 3.52. The van der Waals surface area contributed by atoms with Gasteiger partial charge >= 0.3 is 0 Å². The molecule has 0 radical (unpaired) electrons. The van der Waals surface area contributed by atoms with Crippen LogP contribution in [0.1, 0.15) is 16.7 Å². The van der Waals surface area contributed by atoms with Crippen LogP contribution in [0.5, 0.6) is 0 Å². The largest absolute Gasteiger partial charge is 0.326 e. The minimum Gasteiger partial charge on any atom is -0.326 e. The summed E-state index contributed by atoms with van der Waals surface area (Å²) in [7, 11) is 0. The van der Waals surface area contributed by atoms with Gasteiger partial charge in [-0.2, -0.15) is 0 Å². The van der Waals surface area contributed by atoms with Gasteiger partial charge in [0.2, 0.25) is 0 Å². The van der Waals surface area contributed by atoms with Crippen LogP contribution in [0, 0.1) is 6.92 Å². The van der Waals surface area contributed by atoms with Crippen molar-refractivity contribution in [1.82, 2.24) is 0 Å². The molecule has 0 amide bonds. The molecule has 0 spiro atoms. The number of aryl methyl sites for hydroxylation is 1. The van der Waals surface area contributed by atoms with Gasteiger partial charge in [0.05, 0.1) is 0 Å². The van der Waals surface area contributed by atoms with E-state index in [1.165, 1.54) is 16.0 Å². The topological polar surface area (TPSA) is 26.0 Å². The molecular formula is C15H16ClNS. The Kier molecular flexibility index (Phi) is 4.70. The Hall–Kier alpha value is -0.960. The maximum Gasteiger partial charge on any atom is 0.0410 e. The lowest BCUT2D eigenvalue weighted by atomic mass is 10.2. The van der Waals surface area contributed by atoms with Crippen LogP contribution >= 0.6 is 23.4 Å². The van der Waals surface area contributed by atoms with Gasteiger partial charge in [-0.25, -0.2) is 0 Å². The smallest absolute Gasteiger partial charge is 0.0410 e. The van der Waals surface area contributed by atoms with E-state index in [1.807, 2.05) is 18.2 Å². The minimum absolute atomic E-state index is 0.525. The second-order valence-electron chi connectivity index (χ2n) is 4.23. The first-order chi connectivity index (χ1) is 8.69. The van der Waals surface area contributed by atoms with E-state index >= 15 is 0 Å². The molecule has 0 aliphatic carbocycles. The first kappa shape index (κ1) is 13.5. The lowest BCUT2D eigenvalue weighted by molar-refractivity contribution is 1.03. The van der Waals surface area contributed by atoms with E-state index in [9.17, 15) is 0 Å². The van der Waals surface area contributed by atoms with Crippen molar-refractivity contribution in [2.45, 2.75) is 24.1 Å². The molecule has 0 fully saturated rings. The van der Waals surface area contributed by atoms with E-state index in [1.54, 1.807) is 11.8 Å². The second-order valence-corrected chi connectivity index (χ2v) is 5.69. The van der Waals surface area contributed by atoms with Gasteiger partial charge in [0.25, 0.3) is 0 Å². The molecule has 2 aromatic rings. The number of hydrogen-bond donors (Lipinski definition) is 1. The standard InChI is InChI=1S/C15H16ClNS/c1-11-3-2-4-12(7-11)10-18-15-6-5-14(16)8-13(15)9-17/h2-8H,9-10,17H2,1H3. The summed E-state index contributed by atoms with van der Waals surface area (Å²) < 4.78 is 0. The highest BCUT2D eigenvalue weighted by Gasteiger charge is 2.03. The maximum absolute atomic E-state index is 5.97. The molecular weight excluding hydrogens is 262 g/mol. The normalized spacial score (nSPS) is 10.6. The van der Waals surface area contributed by atoms with Crippen molar-refractivity contribution in [2.75, 3.05) is 0 Å². The zero-order chi connectivity index (χ0) is 13.0. The Balaban J connectivity index is 2.10. The number of rotatable bonds is 4. The summed E-state index contributed by atoms with van der Waals surface area (Å²) in [5.41, 5.74) is 9.48. The first-order valence-corrected chi connectivity index (χ1v) is 7.22. The van der Waals surface area contributed by atoms with E-state index in [0.29, 0.717) is 6.54 Å². The Labute approximate surface area is 117 Å². The van der Waals surface area contributed by atoms with Crippen LogP contribution < -0.4 is 5.73 Å². The van der Waals surface area contributed by atoms with Gasteiger partial charge in [-0.1, -0.05) is 41.4 Å². The molecule has 0 saturated heterocycles. The first-order valence-electron chi connectivity index (χ1n) is 5.86. The lowest BCUT2D eigenvalue weighted by Crippen LogP contribution is -1.98. The molecule has 0 aliphatic rings. The van der Waals surface area contributed by atoms with Crippen molar-refractivity contribution in [3.05, 3.63) is 64.2 Å². The van der Waals surface area contributed by atoms with Gasteiger partial charge in [-0.15, -0.1) is 11.8 Å². The molecule has 2 rings (SSSR count). The van der Waals surface area contributed by atoms with Crippen LogP contribution in [0.4, 0.5) is 0 Å². The predicted octanol–water partition coefficient (Wildman–Crippen LogP) is 4.40. The van der Waals surface area contributed by atoms with Crippen LogP contribution in [0.3, 0.4) is 0 Å². The van der Waals surface area contributed by atoms with Crippen LogP contribution in [-0.4, -0.2) is 0 Å². The average molecular weight is 278 g/mol. The van der Waals surface area contributed by atoms with Gasteiger partial charge in [-0.3, -0.25) is 0 Å². The fourth-order valence-corrected chi connectivity index (χ4v) is 3.00. The highest BCUT2D eigenvalue weighted by molar-refractivity contribution is 7.98. The molecule has 2 aromatic carbocycles. The number of thioether (sulfide) groups is 1. The Morgan fingerprint density at radius 3 is 2.72 bits per heavy atom. The van der Waals surface area contributed by atoms with Crippen molar-refractivity contribution in [3.8, 4) is 0 Å². The molecule has 2 N–H and O–H groups in total. The van der Waals surface area contributed by atoms with E-state index in [-0.39, 0.29) is 0 Å². The van der Waals surface area contributed by atoms with Gasteiger partial charge < -0.3 is 5.73 Å². The van der Waals surface area contributed by atoms with Gasteiger partial charge in [0, 0.05) is 22.2 Å². The summed E-state index contributed by atoms with van der Waals surface area (Å²) in [5, 5.41) is 0.746. The molecule has 0 unspecified atom stereocenters. The summed E-state index contributed by atoms with van der Waals surface area (Å²) in [6, 6.07) is 14.5. The SMILES string of the molecule is Cc1cccc(CSc2ccc(Cl)cc2CN)c1. The van der Waals surface area contributed by atoms with Crippen LogP contribution in [-0.2, 0) is 12.3 Å². The maximum atomic E-state index is 5.97. The summed E-state index contributed by atoms with van der Waals surface area (Å²) in [6.45, 7) is 2.64. The van der Waals surface area contributed by atoms with Crippen molar-refractivity contribution in [3.63, 3.8) is 0 Å². The van der Waals surface area contributed by atoms with Gasteiger partial charge in [-0.05, 0) is 36.2 Å². The van der Waals surface area contributed by atoms with E-state index in [0.717, 1.165) is 16.3 Å². The third-order valence-electron chi connectivity index (χ3n) is 2.72. The van der Waals surface area contributed by atoms with Crippen molar-refractivity contribution in [1.29, 1.82) is 0 Å². The molecule has 0 saturated carbocycles. The van der Waals surface area contributed by atoms with Gasteiger partial charge in [0.15, 0.2) is 0 Å². The molecule has 0 aliphatic heterocycles. The monoisotopic (exact) mass is 277 g/mol. The van der Waals surface area contributed by atoms with Gasteiger partial charge in [0.1, 0.15) is 0 Å². The Bertz CT molecular complexity index is 540. The highest BCUT2D eigenvalue weighted by Crippen LogP contribution is 2.28. The van der Waals surface area contributed by atoms with Crippen molar-refractivity contribution < 1.29 is 0 Å². The zero-order valence-corrected chi connectivity index (χ0v) is 11.9. The number of halogens is 1. The van der Waals surface area contributed by atoms with Crippen molar-refractivity contribution in [2.24, 2.45) is 5.73 Å². The summed E-state index contributed by atoms with van der Waals surface area (Å²) in [6.07, 6.45) is 0. The summed E-state index contributed by atoms with van der Waals surface area (Å²) in [5.74, 6) is 0.955. The Morgan fingerprint density at radius 2 is 2.00 bits per heavy atom. The fourth-order valence-electron chi connectivity index (χ4n) is 1.81. The molecule has 3 heteroatoms. The van der Waals surface area contributed by atoms with Crippen LogP contribution in [0.15, 0.2) is 47.4 Å². The zero-order valence-electron chi connectivity index (χ0n) is 10.3. The lowest BCUT2D eigenvalue weighted by Gasteiger charge is -2.08. The fraction of sp³-hybridized carbons (Fsp3) is 0.200. The summed E-state index contributed by atoms with van der Waals surface area (Å²) in [4.78, 5) is 1.21. The average Bonchev–Trinajstić information content (AvgIpc) is 2.37. The van der Waals surface area contributed by atoms with E-state index < -0.39 is 0 Å². The van der Waals surface area contributed by atoms with Crippen LogP contribution in [0.2, 0.25) is 5.02 Å². The highest BCUT2D eigenvalue weighted by atomic mass is 35.5.